The predicted octanol–water partition coefficient (Wildman–Crippen LogP) is 2.55. The zero-order valence-electron chi connectivity index (χ0n) is 12.2. The van der Waals surface area contributed by atoms with Gasteiger partial charge in [-0.3, -0.25) is 0 Å². The van der Waals surface area contributed by atoms with Crippen LogP contribution in [0.2, 0.25) is 0 Å². The Morgan fingerprint density at radius 3 is 2.68 bits per heavy atom. The van der Waals surface area contributed by atoms with Crippen molar-refractivity contribution in [3.63, 3.8) is 0 Å². The van der Waals surface area contributed by atoms with Gasteiger partial charge >= 0.3 is 0 Å². The molecule has 0 aliphatic rings. The highest BCUT2D eigenvalue weighted by Gasteiger charge is 2.18. The summed E-state index contributed by atoms with van der Waals surface area (Å²) in [7, 11) is 1.68. The van der Waals surface area contributed by atoms with Crippen molar-refractivity contribution in [2.24, 2.45) is 0 Å². The number of aromatic nitrogens is 1. The zero-order valence-corrected chi connectivity index (χ0v) is 12.2. The molecule has 0 fully saturated rings. The van der Waals surface area contributed by atoms with Crippen LogP contribution in [0.25, 0.3) is 0 Å². The highest BCUT2D eigenvalue weighted by atomic mass is 16.5. The molecule has 5 heteroatoms. The lowest BCUT2D eigenvalue weighted by molar-refractivity contribution is 0.00482. The fourth-order valence-electron chi connectivity index (χ4n) is 1.75. The van der Waals surface area contributed by atoms with Crippen molar-refractivity contribution in [3.05, 3.63) is 11.8 Å². The largest absolute Gasteiger partial charge is 0.477 e. The van der Waals surface area contributed by atoms with Gasteiger partial charge in [0.15, 0.2) is 0 Å². The Balaban J connectivity index is 2.78. The number of methoxy groups -OCH3 is 1. The molecule has 0 saturated heterocycles. The molecule has 0 atom stereocenters. The maximum Gasteiger partial charge on any atom is 0.218 e. The van der Waals surface area contributed by atoms with Crippen molar-refractivity contribution >= 4 is 5.69 Å². The summed E-state index contributed by atoms with van der Waals surface area (Å²) >= 11 is 0. The van der Waals surface area contributed by atoms with Gasteiger partial charge in [-0.15, -0.1) is 0 Å². The summed E-state index contributed by atoms with van der Waals surface area (Å²) in [4.78, 5) is 0. The van der Waals surface area contributed by atoms with Gasteiger partial charge < -0.3 is 19.8 Å². The lowest BCUT2D eigenvalue weighted by Gasteiger charge is -2.23. The van der Waals surface area contributed by atoms with Crippen LogP contribution < -0.4 is 10.5 Å². The molecule has 0 spiro atoms. The van der Waals surface area contributed by atoms with Crippen molar-refractivity contribution in [1.82, 2.24) is 4.57 Å². The van der Waals surface area contributed by atoms with E-state index in [0.29, 0.717) is 23.9 Å². The van der Waals surface area contributed by atoms with Gasteiger partial charge in [-0.2, -0.15) is 5.26 Å². The Labute approximate surface area is 114 Å². The molecule has 0 aliphatic carbocycles. The van der Waals surface area contributed by atoms with Crippen molar-refractivity contribution < 1.29 is 9.47 Å². The number of nitrogens with zero attached hydrogens (tertiary/aromatic N) is 2. The predicted molar refractivity (Wildman–Crippen MR) is 75.1 cm³/mol. The van der Waals surface area contributed by atoms with Gasteiger partial charge in [0.05, 0.1) is 17.9 Å². The van der Waals surface area contributed by atoms with E-state index in [4.69, 9.17) is 20.5 Å². The van der Waals surface area contributed by atoms with Crippen LogP contribution in [0.1, 0.15) is 39.3 Å². The van der Waals surface area contributed by atoms with E-state index in [9.17, 15) is 0 Å². The molecule has 2 N–H and O–H groups in total. The summed E-state index contributed by atoms with van der Waals surface area (Å²) in [5.74, 6) is 0.588. The maximum absolute atomic E-state index is 9.07. The molecular formula is C14H23N3O2. The molecule has 1 aromatic rings. The molecule has 0 aromatic carbocycles. The van der Waals surface area contributed by atoms with Crippen molar-refractivity contribution in [1.29, 1.82) is 5.26 Å². The standard InChI is InChI=1S/C14H23N3O2/c1-5-7-17-11(10-15)9-12(16)13(17)19-8-6-14(2,3)18-4/h9H,5-8,16H2,1-4H3. The molecule has 5 nitrogen and oxygen atoms in total. The van der Waals surface area contributed by atoms with E-state index in [0.717, 1.165) is 19.4 Å². The second kappa shape index (κ2) is 6.48. The minimum absolute atomic E-state index is 0.227. The number of ether oxygens (including phenoxy) is 2. The molecule has 0 aliphatic heterocycles. The zero-order chi connectivity index (χ0) is 14.5. The van der Waals surface area contributed by atoms with E-state index in [1.807, 2.05) is 18.4 Å². The van der Waals surface area contributed by atoms with Crippen LogP contribution >= 0.6 is 0 Å². The summed E-state index contributed by atoms with van der Waals surface area (Å²) in [5.41, 5.74) is 6.73. The third kappa shape index (κ3) is 3.90. The van der Waals surface area contributed by atoms with Crippen LogP contribution in [-0.2, 0) is 11.3 Å². The van der Waals surface area contributed by atoms with Gasteiger partial charge in [-0.1, -0.05) is 6.92 Å². The summed E-state index contributed by atoms with van der Waals surface area (Å²) in [5, 5.41) is 9.07. The highest BCUT2D eigenvalue weighted by molar-refractivity contribution is 5.55. The lowest BCUT2D eigenvalue weighted by atomic mass is 10.1. The molecule has 0 bridgehead atoms. The molecule has 0 saturated carbocycles. The summed E-state index contributed by atoms with van der Waals surface area (Å²) in [6.45, 7) is 7.29. The third-order valence-electron chi connectivity index (χ3n) is 3.13. The molecule has 0 radical (unpaired) electrons. The molecule has 0 unspecified atom stereocenters. The average molecular weight is 265 g/mol. The fraction of sp³-hybridized carbons (Fsp3) is 0.643. The van der Waals surface area contributed by atoms with Crippen LogP contribution in [0.3, 0.4) is 0 Å². The molecular weight excluding hydrogens is 242 g/mol. The minimum Gasteiger partial charge on any atom is -0.477 e. The van der Waals surface area contributed by atoms with Crippen molar-refractivity contribution in [3.8, 4) is 11.9 Å². The monoisotopic (exact) mass is 265 g/mol. The minimum atomic E-state index is -0.227. The molecule has 106 valence electrons. The topological polar surface area (TPSA) is 73.2 Å². The van der Waals surface area contributed by atoms with Gasteiger partial charge in [-0.25, -0.2) is 0 Å². The fourth-order valence-corrected chi connectivity index (χ4v) is 1.75. The Bertz CT molecular complexity index is 458. The number of nitrogens with two attached hydrogens (primary N) is 1. The van der Waals surface area contributed by atoms with Gasteiger partial charge in [0.1, 0.15) is 11.8 Å². The van der Waals surface area contributed by atoms with Crippen LogP contribution in [-0.4, -0.2) is 23.9 Å². The van der Waals surface area contributed by atoms with Crippen LogP contribution in [0.4, 0.5) is 5.69 Å². The first-order valence-corrected chi connectivity index (χ1v) is 6.52. The summed E-state index contributed by atoms with van der Waals surface area (Å²) < 4.78 is 12.9. The quantitative estimate of drug-likeness (QED) is 0.822. The Kier molecular flexibility index (Phi) is 5.25. The second-order valence-electron chi connectivity index (χ2n) is 5.12. The SMILES string of the molecule is CCCn1c(C#N)cc(N)c1OCCC(C)(C)OC. The smallest absolute Gasteiger partial charge is 0.218 e. The highest BCUT2D eigenvalue weighted by Crippen LogP contribution is 2.27. The molecule has 1 rings (SSSR count). The first kappa shape index (κ1) is 15.4. The van der Waals surface area contributed by atoms with E-state index in [1.165, 1.54) is 0 Å². The number of rotatable bonds is 7. The number of nitriles is 1. The Morgan fingerprint density at radius 1 is 1.47 bits per heavy atom. The van der Waals surface area contributed by atoms with Crippen molar-refractivity contribution in [2.45, 2.75) is 45.8 Å². The van der Waals surface area contributed by atoms with E-state index >= 15 is 0 Å². The molecule has 0 amide bonds. The molecule has 1 aromatic heterocycles. The number of anilines is 1. The number of nitrogen functional groups attached to an aromatic ring is 1. The van der Waals surface area contributed by atoms with Crippen LogP contribution in [0.15, 0.2) is 6.07 Å². The van der Waals surface area contributed by atoms with Gasteiger partial charge in [0.2, 0.25) is 5.88 Å². The first-order chi connectivity index (χ1) is 8.95. The maximum atomic E-state index is 9.07. The van der Waals surface area contributed by atoms with Crippen molar-refractivity contribution in [2.75, 3.05) is 19.5 Å². The van der Waals surface area contributed by atoms with Crippen LogP contribution in [0.5, 0.6) is 5.88 Å². The lowest BCUT2D eigenvalue weighted by Crippen LogP contribution is -2.25. The average Bonchev–Trinajstić information content (AvgIpc) is 2.67. The van der Waals surface area contributed by atoms with E-state index in [2.05, 4.69) is 13.0 Å². The molecule has 1 heterocycles. The number of hydrogen-bond donors (Lipinski definition) is 1. The normalized spacial score (nSPS) is 11.3. The van der Waals surface area contributed by atoms with Gasteiger partial charge in [0.25, 0.3) is 0 Å². The van der Waals surface area contributed by atoms with Crippen LogP contribution in [0, 0.1) is 11.3 Å². The summed E-state index contributed by atoms with van der Waals surface area (Å²) in [6.07, 6.45) is 1.67. The number of hydrogen-bond acceptors (Lipinski definition) is 4. The first-order valence-electron chi connectivity index (χ1n) is 6.52. The Morgan fingerprint density at radius 2 is 2.16 bits per heavy atom. The van der Waals surface area contributed by atoms with E-state index < -0.39 is 0 Å². The third-order valence-corrected chi connectivity index (χ3v) is 3.13. The molecule has 19 heavy (non-hydrogen) atoms. The van der Waals surface area contributed by atoms with Gasteiger partial charge in [0, 0.05) is 26.1 Å². The second-order valence-corrected chi connectivity index (χ2v) is 5.12. The van der Waals surface area contributed by atoms with Gasteiger partial charge in [-0.05, 0) is 20.3 Å². The Hall–Kier alpha value is -1.67. The van der Waals surface area contributed by atoms with E-state index in [-0.39, 0.29) is 5.60 Å². The summed E-state index contributed by atoms with van der Waals surface area (Å²) in [6, 6.07) is 3.80. The van der Waals surface area contributed by atoms with E-state index in [1.54, 1.807) is 13.2 Å².